The summed E-state index contributed by atoms with van der Waals surface area (Å²) >= 11 is 6.49. The molecule has 6 nitrogen and oxygen atoms in total. The minimum atomic E-state index is -1.16. The fraction of sp³-hybridized carbons (Fsp3) is 0.567. The lowest BCUT2D eigenvalue weighted by Crippen LogP contribution is -2.49. The van der Waals surface area contributed by atoms with E-state index < -0.39 is 5.60 Å². The molecule has 7 heteroatoms. The van der Waals surface area contributed by atoms with E-state index in [1.165, 1.54) is 0 Å². The molecule has 4 atom stereocenters. The van der Waals surface area contributed by atoms with Crippen molar-refractivity contribution < 1.29 is 19.4 Å². The van der Waals surface area contributed by atoms with Crippen molar-refractivity contribution in [2.75, 3.05) is 26.8 Å². The predicted octanol–water partition coefficient (Wildman–Crippen LogP) is 5.81. The molecule has 2 fully saturated rings. The van der Waals surface area contributed by atoms with E-state index in [0.717, 1.165) is 62.6 Å². The molecule has 3 N–H and O–H groups in total. The molecule has 1 amide bonds. The van der Waals surface area contributed by atoms with Gasteiger partial charge in [-0.3, -0.25) is 4.79 Å². The number of hydrogen-bond acceptors (Lipinski definition) is 5. The SMILES string of the molecule is COCCCC[C@@](O)(c1ccccc1Oc1c(C)cccc1Cl)[C@@H]1CCCN(C(=O)[C@@H]2CC[C@H](N)C2)C1. The molecule has 1 saturated heterocycles. The van der Waals surface area contributed by atoms with Crippen LogP contribution in [0, 0.1) is 18.8 Å². The zero-order chi connectivity index (χ0) is 26.4. The summed E-state index contributed by atoms with van der Waals surface area (Å²) in [6, 6.07) is 13.5. The Morgan fingerprint density at radius 3 is 2.70 bits per heavy atom. The highest BCUT2D eigenvalue weighted by molar-refractivity contribution is 6.32. The van der Waals surface area contributed by atoms with Crippen LogP contribution in [0.15, 0.2) is 42.5 Å². The first-order chi connectivity index (χ1) is 17.8. The van der Waals surface area contributed by atoms with Gasteiger partial charge in [-0.1, -0.05) is 41.9 Å². The molecule has 2 aromatic carbocycles. The Hall–Kier alpha value is -2.12. The molecule has 37 heavy (non-hydrogen) atoms. The molecular weight excluding hydrogens is 488 g/mol. The molecule has 2 aliphatic rings. The average Bonchev–Trinajstić information content (AvgIpc) is 3.35. The van der Waals surface area contributed by atoms with E-state index in [2.05, 4.69) is 0 Å². The van der Waals surface area contributed by atoms with Crippen molar-refractivity contribution in [3.05, 3.63) is 58.6 Å². The van der Waals surface area contributed by atoms with E-state index in [4.69, 9.17) is 26.8 Å². The second kappa shape index (κ2) is 12.6. The number of piperidine rings is 1. The number of likely N-dealkylation sites (tertiary alicyclic amines) is 1. The molecule has 0 spiro atoms. The molecular formula is C30H41ClN2O4. The maximum absolute atomic E-state index is 13.4. The van der Waals surface area contributed by atoms with Gasteiger partial charge < -0.3 is 25.2 Å². The highest BCUT2D eigenvalue weighted by Crippen LogP contribution is 2.45. The Morgan fingerprint density at radius 1 is 1.16 bits per heavy atom. The summed E-state index contributed by atoms with van der Waals surface area (Å²) in [6.45, 7) is 3.87. The molecule has 1 heterocycles. The van der Waals surface area contributed by atoms with Crippen molar-refractivity contribution in [3.8, 4) is 11.5 Å². The number of ether oxygens (including phenoxy) is 2. The molecule has 202 valence electrons. The number of carbonyl (C=O) groups excluding carboxylic acids is 1. The van der Waals surface area contributed by atoms with Gasteiger partial charge in [0, 0.05) is 50.2 Å². The van der Waals surface area contributed by atoms with Crippen LogP contribution in [0.2, 0.25) is 5.02 Å². The Kier molecular flexibility index (Phi) is 9.51. The number of methoxy groups -OCH3 is 1. The summed E-state index contributed by atoms with van der Waals surface area (Å²) < 4.78 is 11.7. The van der Waals surface area contributed by atoms with Gasteiger partial charge in [0.2, 0.25) is 5.91 Å². The number of benzene rings is 2. The van der Waals surface area contributed by atoms with E-state index in [1.807, 2.05) is 54.3 Å². The second-order valence-corrected chi connectivity index (χ2v) is 11.2. The maximum Gasteiger partial charge on any atom is 0.225 e. The molecule has 0 bridgehead atoms. The van der Waals surface area contributed by atoms with Gasteiger partial charge in [0.25, 0.3) is 0 Å². The van der Waals surface area contributed by atoms with Crippen LogP contribution in [-0.2, 0) is 15.1 Å². The summed E-state index contributed by atoms with van der Waals surface area (Å²) in [4.78, 5) is 15.3. The Bertz CT molecular complexity index is 1040. The van der Waals surface area contributed by atoms with Crippen LogP contribution in [0.1, 0.15) is 62.5 Å². The highest BCUT2D eigenvalue weighted by atomic mass is 35.5. The Morgan fingerprint density at radius 2 is 1.97 bits per heavy atom. The molecule has 0 unspecified atom stereocenters. The zero-order valence-corrected chi connectivity index (χ0v) is 22.9. The number of carbonyl (C=O) groups is 1. The van der Waals surface area contributed by atoms with Crippen molar-refractivity contribution in [2.24, 2.45) is 17.6 Å². The predicted molar refractivity (Wildman–Crippen MR) is 147 cm³/mol. The van der Waals surface area contributed by atoms with Gasteiger partial charge in [-0.25, -0.2) is 0 Å². The van der Waals surface area contributed by atoms with Crippen molar-refractivity contribution >= 4 is 17.5 Å². The summed E-state index contributed by atoms with van der Waals surface area (Å²) in [6.07, 6.45) is 6.43. The van der Waals surface area contributed by atoms with E-state index in [9.17, 15) is 9.90 Å². The van der Waals surface area contributed by atoms with Crippen LogP contribution in [0.5, 0.6) is 11.5 Å². The number of aryl methyl sites for hydroxylation is 1. The van der Waals surface area contributed by atoms with Crippen LogP contribution in [0.3, 0.4) is 0 Å². The van der Waals surface area contributed by atoms with Crippen molar-refractivity contribution in [2.45, 2.75) is 69.9 Å². The molecule has 1 aliphatic carbocycles. The smallest absolute Gasteiger partial charge is 0.225 e. The van der Waals surface area contributed by atoms with E-state index >= 15 is 0 Å². The normalized spacial score (nSPS) is 23.6. The number of nitrogens with two attached hydrogens (primary N) is 1. The summed E-state index contributed by atoms with van der Waals surface area (Å²) in [5.74, 6) is 1.27. The lowest BCUT2D eigenvalue weighted by molar-refractivity contribution is -0.141. The quantitative estimate of drug-likeness (QED) is 0.380. The fourth-order valence-corrected chi connectivity index (χ4v) is 6.30. The third-order valence-electron chi connectivity index (χ3n) is 8.12. The number of nitrogens with zero attached hydrogens (tertiary/aromatic N) is 1. The summed E-state index contributed by atoms with van der Waals surface area (Å²) in [5, 5.41) is 13.0. The maximum atomic E-state index is 13.4. The second-order valence-electron chi connectivity index (χ2n) is 10.8. The highest BCUT2D eigenvalue weighted by Gasteiger charge is 2.44. The number of amides is 1. The first kappa shape index (κ1) is 27.9. The van der Waals surface area contributed by atoms with Crippen molar-refractivity contribution in [3.63, 3.8) is 0 Å². The van der Waals surface area contributed by atoms with Crippen molar-refractivity contribution in [1.29, 1.82) is 0 Å². The third-order valence-corrected chi connectivity index (χ3v) is 8.41. The zero-order valence-electron chi connectivity index (χ0n) is 22.1. The van der Waals surface area contributed by atoms with Gasteiger partial charge in [0.15, 0.2) is 0 Å². The van der Waals surface area contributed by atoms with Crippen LogP contribution in [0.25, 0.3) is 0 Å². The van der Waals surface area contributed by atoms with Gasteiger partial charge in [0.05, 0.1) is 10.6 Å². The largest absolute Gasteiger partial charge is 0.455 e. The molecule has 0 aromatic heterocycles. The lowest BCUT2D eigenvalue weighted by Gasteiger charge is -2.44. The number of para-hydroxylation sites is 2. The number of aliphatic hydroxyl groups is 1. The van der Waals surface area contributed by atoms with Crippen LogP contribution in [0.4, 0.5) is 0 Å². The van der Waals surface area contributed by atoms with Gasteiger partial charge in [-0.05, 0) is 76.0 Å². The van der Waals surface area contributed by atoms with E-state index in [-0.39, 0.29) is 23.8 Å². The van der Waals surface area contributed by atoms with Gasteiger partial charge in [0.1, 0.15) is 11.5 Å². The number of unbranched alkanes of at least 4 members (excludes halogenated alkanes) is 1. The molecule has 1 saturated carbocycles. The van der Waals surface area contributed by atoms with Gasteiger partial charge in [-0.2, -0.15) is 0 Å². The monoisotopic (exact) mass is 528 g/mol. The summed E-state index contributed by atoms with van der Waals surface area (Å²) in [7, 11) is 1.70. The number of halogens is 1. The minimum absolute atomic E-state index is 0.00219. The molecule has 1 aliphatic heterocycles. The van der Waals surface area contributed by atoms with Crippen LogP contribution in [-0.4, -0.2) is 48.8 Å². The number of hydrogen-bond donors (Lipinski definition) is 2. The van der Waals surface area contributed by atoms with E-state index in [1.54, 1.807) is 7.11 Å². The van der Waals surface area contributed by atoms with Crippen LogP contribution < -0.4 is 10.5 Å². The lowest BCUT2D eigenvalue weighted by atomic mass is 9.73. The fourth-order valence-electron chi connectivity index (χ4n) is 6.03. The molecule has 0 radical (unpaired) electrons. The number of rotatable bonds is 10. The Labute approximate surface area is 226 Å². The molecule has 4 rings (SSSR count). The first-order valence-corrected chi connectivity index (χ1v) is 14.0. The average molecular weight is 529 g/mol. The van der Waals surface area contributed by atoms with Gasteiger partial charge in [-0.15, -0.1) is 0 Å². The standard InChI is InChI=1S/C30H41ClN2O4/c1-21-9-7-12-26(31)28(21)37-27-13-4-3-11-25(27)30(35,16-5-6-18-36-2)23-10-8-17-33(20-23)29(34)22-14-15-24(32)19-22/h3-4,7,9,11-13,22-24,35H,5-6,8,10,14-20,32H2,1-2H3/t22-,23-,24+,30+/m1/s1. The molecule has 2 aromatic rings. The first-order valence-electron chi connectivity index (χ1n) is 13.6. The van der Waals surface area contributed by atoms with E-state index in [0.29, 0.717) is 36.1 Å². The van der Waals surface area contributed by atoms with Gasteiger partial charge >= 0.3 is 0 Å². The minimum Gasteiger partial charge on any atom is -0.455 e. The topological polar surface area (TPSA) is 85.0 Å². The third kappa shape index (κ3) is 6.48. The van der Waals surface area contributed by atoms with Crippen molar-refractivity contribution in [1.82, 2.24) is 4.90 Å². The Balaban J connectivity index is 1.63. The van der Waals surface area contributed by atoms with Crippen LogP contribution >= 0.6 is 11.6 Å². The summed E-state index contributed by atoms with van der Waals surface area (Å²) in [5.41, 5.74) is 6.61.